The Kier molecular flexibility index (Phi) is 3.11. The lowest BCUT2D eigenvalue weighted by molar-refractivity contribution is -0.386. The minimum absolute atomic E-state index is 0.00444. The molecular weight excluding hydrogens is 225 g/mol. The van der Waals surface area contributed by atoms with Crippen LogP contribution in [0, 0.1) is 10.1 Å². The van der Waals surface area contributed by atoms with Crippen molar-refractivity contribution in [3.05, 3.63) is 39.9 Å². The number of hydrogen-bond donors (Lipinski definition) is 0. The molecule has 2 unspecified atom stereocenters. The Labute approximate surface area is 98.5 Å². The third kappa shape index (κ3) is 2.61. The maximum atomic E-state index is 13.9. The molecule has 0 N–H and O–H groups in total. The van der Waals surface area contributed by atoms with Crippen LogP contribution in [0.2, 0.25) is 0 Å². The van der Waals surface area contributed by atoms with Gasteiger partial charge in [0, 0.05) is 18.9 Å². The Bertz CT molecular complexity index is 434. The van der Waals surface area contributed by atoms with E-state index in [2.05, 4.69) is 0 Å². The molecule has 4 nitrogen and oxygen atoms in total. The summed E-state index contributed by atoms with van der Waals surface area (Å²) in [6, 6.07) is 6.35. The molecule has 1 saturated heterocycles. The zero-order valence-electron chi connectivity index (χ0n) is 9.56. The van der Waals surface area contributed by atoms with Crippen LogP contribution in [0.1, 0.15) is 31.4 Å². The summed E-state index contributed by atoms with van der Waals surface area (Å²) in [6.07, 6.45) is -0.0255. The highest BCUT2D eigenvalue weighted by Crippen LogP contribution is 2.39. The van der Waals surface area contributed by atoms with Crippen molar-refractivity contribution in [3.8, 4) is 0 Å². The topological polar surface area (TPSA) is 52.4 Å². The molecule has 0 amide bonds. The van der Waals surface area contributed by atoms with Crippen molar-refractivity contribution in [2.45, 2.75) is 31.5 Å². The maximum Gasteiger partial charge on any atom is 0.275 e. The monoisotopic (exact) mass is 239 g/mol. The summed E-state index contributed by atoms with van der Waals surface area (Å²) in [6.45, 7) is 1.81. The van der Waals surface area contributed by atoms with Gasteiger partial charge >= 0.3 is 0 Å². The fourth-order valence-corrected chi connectivity index (χ4v) is 2.09. The first-order chi connectivity index (χ1) is 7.99. The van der Waals surface area contributed by atoms with E-state index in [1.807, 2.05) is 0 Å². The third-order valence-electron chi connectivity index (χ3n) is 3.03. The first kappa shape index (κ1) is 12.0. The lowest BCUT2D eigenvalue weighted by Crippen LogP contribution is -2.30. The van der Waals surface area contributed by atoms with Gasteiger partial charge in [0.2, 0.25) is 0 Å². The molecule has 2 rings (SSSR count). The molecule has 92 valence electrons. The molecule has 17 heavy (non-hydrogen) atoms. The molecule has 0 aromatic heterocycles. The van der Waals surface area contributed by atoms with Gasteiger partial charge < -0.3 is 4.74 Å². The van der Waals surface area contributed by atoms with Crippen molar-refractivity contribution < 1.29 is 14.1 Å². The fraction of sp³-hybridized carbons (Fsp3) is 0.500. The molecule has 1 heterocycles. The SMILES string of the molecule is CC1(F)CCOC(c2ccccc2[N+](=O)[O-])C1. The number of para-hydroxylation sites is 1. The molecule has 1 aliphatic heterocycles. The standard InChI is InChI=1S/C12H14FNO3/c1-12(13)6-7-17-11(8-12)9-4-2-3-5-10(9)14(15)16/h2-5,11H,6-8H2,1H3. The summed E-state index contributed by atoms with van der Waals surface area (Å²) < 4.78 is 19.3. The average molecular weight is 239 g/mol. The van der Waals surface area contributed by atoms with Gasteiger partial charge in [0.25, 0.3) is 5.69 Å². The van der Waals surface area contributed by atoms with Gasteiger partial charge in [0.1, 0.15) is 5.67 Å². The molecule has 1 aliphatic rings. The summed E-state index contributed by atoms with van der Waals surface area (Å²) in [5.74, 6) is 0. The number of rotatable bonds is 2. The molecule has 0 bridgehead atoms. The van der Waals surface area contributed by atoms with E-state index in [0.29, 0.717) is 18.6 Å². The zero-order valence-corrected chi connectivity index (χ0v) is 9.56. The first-order valence-electron chi connectivity index (χ1n) is 5.53. The second kappa shape index (κ2) is 4.41. The zero-order chi connectivity index (χ0) is 12.5. The summed E-state index contributed by atoms with van der Waals surface area (Å²) in [5.41, 5.74) is -0.858. The molecule has 1 aromatic carbocycles. The van der Waals surface area contributed by atoms with E-state index in [1.54, 1.807) is 18.2 Å². The van der Waals surface area contributed by atoms with Crippen molar-refractivity contribution >= 4 is 5.69 Å². The Morgan fingerprint density at radius 1 is 1.53 bits per heavy atom. The van der Waals surface area contributed by atoms with E-state index >= 15 is 0 Å². The van der Waals surface area contributed by atoms with Gasteiger partial charge in [-0.05, 0) is 13.0 Å². The predicted octanol–water partition coefficient (Wildman–Crippen LogP) is 3.17. The summed E-state index contributed by atoms with van der Waals surface area (Å²) in [7, 11) is 0. The number of nitro benzene ring substituents is 1. The van der Waals surface area contributed by atoms with Crippen LogP contribution >= 0.6 is 0 Å². The van der Waals surface area contributed by atoms with E-state index in [1.165, 1.54) is 13.0 Å². The number of nitro groups is 1. The van der Waals surface area contributed by atoms with Crippen molar-refractivity contribution in [1.82, 2.24) is 0 Å². The minimum Gasteiger partial charge on any atom is -0.373 e. The second-order valence-electron chi connectivity index (χ2n) is 4.54. The third-order valence-corrected chi connectivity index (χ3v) is 3.03. The maximum absolute atomic E-state index is 13.9. The number of benzene rings is 1. The Hall–Kier alpha value is -1.49. The smallest absolute Gasteiger partial charge is 0.275 e. The van der Waals surface area contributed by atoms with E-state index in [-0.39, 0.29) is 12.1 Å². The predicted molar refractivity (Wildman–Crippen MR) is 60.5 cm³/mol. The number of hydrogen-bond acceptors (Lipinski definition) is 3. The minimum atomic E-state index is -1.31. The van der Waals surface area contributed by atoms with Crippen molar-refractivity contribution in [2.75, 3.05) is 6.61 Å². The Morgan fingerprint density at radius 2 is 2.24 bits per heavy atom. The Balaban J connectivity index is 2.30. The fourth-order valence-electron chi connectivity index (χ4n) is 2.09. The summed E-state index contributed by atoms with van der Waals surface area (Å²) in [5, 5.41) is 10.9. The van der Waals surface area contributed by atoms with Gasteiger partial charge in [-0.15, -0.1) is 0 Å². The Morgan fingerprint density at radius 3 is 2.88 bits per heavy atom. The second-order valence-corrected chi connectivity index (χ2v) is 4.54. The molecule has 1 fully saturated rings. The van der Waals surface area contributed by atoms with Crippen LogP contribution in [0.25, 0.3) is 0 Å². The van der Waals surface area contributed by atoms with Gasteiger partial charge in [-0.25, -0.2) is 4.39 Å². The number of nitrogens with zero attached hydrogens (tertiary/aromatic N) is 1. The molecule has 0 spiro atoms. The molecule has 1 aromatic rings. The highest BCUT2D eigenvalue weighted by atomic mass is 19.1. The molecule has 5 heteroatoms. The number of halogens is 1. The molecule has 0 aliphatic carbocycles. The lowest BCUT2D eigenvalue weighted by atomic mass is 9.90. The average Bonchev–Trinajstić information content (AvgIpc) is 2.27. The van der Waals surface area contributed by atoms with Crippen LogP contribution in [0.15, 0.2) is 24.3 Å². The molecular formula is C12H14FNO3. The highest BCUT2D eigenvalue weighted by molar-refractivity contribution is 5.41. The van der Waals surface area contributed by atoms with Crippen LogP contribution in [0.3, 0.4) is 0 Å². The van der Waals surface area contributed by atoms with Crippen LogP contribution < -0.4 is 0 Å². The van der Waals surface area contributed by atoms with E-state index in [0.717, 1.165) is 0 Å². The van der Waals surface area contributed by atoms with E-state index in [4.69, 9.17) is 4.74 Å². The number of ether oxygens (including phenoxy) is 1. The largest absolute Gasteiger partial charge is 0.373 e. The van der Waals surface area contributed by atoms with Gasteiger partial charge in [-0.1, -0.05) is 12.1 Å². The van der Waals surface area contributed by atoms with Crippen molar-refractivity contribution in [2.24, 2.45) is 0 Å². The summed E-state index contributed by atoms with van der Waals surface area (Å²) >= 11 is 0. The molecule has 0 radical (unpaired) electrons. The molecule has 2 atom stereocenters. The summed E-state index contributed by atoms with van der Waals surface area (Å²) in [4.78, 5) is 10.4. The van der Waals surface area contributed by atoms with Gasteiger partial charge in [-0.3, -0.25) is 10.1 Å². The van der Waals surface area contributed by atoms with Crippen molar-refractivity contribution in [1.29, 1.82) is 0 Å². The van der Waals surface area contributed by atoms with Gasteiger partial charge in [-0.2, -0.15) is 0 Å². The molecule has 0 saturated carbocycles. The van der Waals surface area contributed by atoms with Gasteiger partial charge in [0.15, 0.2) is 0 Å². The highest BCUT2D eigenvalue weighted by Gasteiger charge is 2.35. The van der Waals surface area contributed by atoms with Crippen LogP contribution in [-0.2, 0) is 4.74 Å². The quantitative estimate of drug-likeness (QED) is 0.588. The van der Waals surface area contributed by atoms with Crippen LogP contribution in [0.5, 0.6) is 0 Å². The normalized spacial score (nSPS) is 28.9. The van der Waals surface area contributed by atoms with Crippen molar-refractivity contribution in [3.63, 3.8) is 0 Å². The van der Waals surface area contributed by atoms with Gasteiger partial charge in [0.05, 0.1) is 23.2 Å². The van der Waals surface area contributed by atoms with Crippen LogP contribution in [-0.4, -0.2) is 17.2 Å². The number of alkyl halides is 1. The first-order valence-corrected chi connectivity index (χ1v) is 5.53. The lowest BCUT2D eigenvalue weighted by Gasteiger charge is -2.32. The van der Waals surface area contributed by atoms with E-state index in [9.17, 15) is 14.5 Å². The van der Waals surface area contributed by atoms with E-state index < -0.39 is 16.7 Å². The van der Waals surface area contributed by atoms with Crippen LogP contribution in [0.4, 0.5) is 10.1 Å².